The van der Waals surface area contributed by atoms with Crippen LogP contribution in [0, 0.1) is 20.8 Å². The molecule has 2 aromatic carbocycles. The summed E-state index contributed by atoms with van der Waals surface area (Å²) in [4.78, 5) is 13.3. The quantitative estimate of drug-likeness (QED) is 0.785. The number of rotatable bonds is 3. The molecular formula is C17H20N2OS. The zero-order chi connectivity index (χ0) is 15.4. The lowest BCUT2D eigenvalue weighted by atomic mass is 10.1. The highest BCUT2D eigenvalue weighted by Gasteiger charge is 2.08. The van der Waals surface area contributed by atoms with E-state index in [1.165, 1.54) is 10.5 Å². The first-order chi connectivity index (χ1) is 9.99. The van der Waals surface area contributed by atoms with Crippen LogP contribution in [0.2, 0.25) is 0 Å². The summed E-state index contributed by atoms with van der Waals surface area (Å²) in [7, 11) is 0. The van der Waals surface area contributed by atoms with Gasteiger partial charge < -0.3 is 10.6 Å². The molecule has 0 spiro atoms. The molecule has 2 amide bonds. The minimum atomic E-state index is -0.220. The number of benzene rings is 2. The predicted molar refractivity (Wildman–Crippen MR) is 91.5 cm³/mol. The second-order valence-electron chi connectivity index (χ2n) is 5.08. The predicted octanol–water partition coefficient (Wildman–Crippen LogP) is 4.98. The molecule has 4 heteroatoms. The van der Waals surface area contributed by atoms with E-state index in [1.54, 1.807) is 11.8 Å². The maximum Gasteiger partial charge on any atom is 0.323 e. The molecule has 0 aliphatic carbocycles. The Hall–Kier alpha value is -1.94. The van der Waals surface area contributed by atoms with Gasteiger partial charge in [-0.2, -0.15) is 0 Å². The molecule has 110 valence electrons. The molecule has 3 nitrogen and oxygen atoms in total. The molecule has 0 unspecified atom stereocenters. The standard InChI is InChI=1S/C17H20N2OS/c1-11-9-12(2)16(13(3)10-11)19-17(20)18-14-5-7-15(21-4)8-6-14/h5-10H,1-4H3,(H2,18,19,20). The van der Waals surface area contributed by atoms with E-state index in [1.807, 2.05) is 44.4 Å². The van der Waals surface area contributed by atoms with Crippen molar-refractivity contribution in [3.05, 3.63) is 53.1 Å². The van der Waals surface area contributed by atoms with Crippen molar-refractivity contribution in [2.45, 2.75) is 25.7 Å². The molecule has 0 saturated heterocycles. The number of thioether (sulfide) groups is 1. The number of urea groups is 1. The fourth-order valence-electron chi connectivity index (χ4n) is 2.33. The first-order valence-electron chi connectivity index (χ1n) is 6.79. The van der Waals surface area contributed by atoms with Gasteiger partial charge in [0.1, 0.15) is 0 Å². The number of hydrogen-bond acceptors (Lipinski definition) is 2. The van der Waals surface area contributed by atoms with Crippen LogP contribution in [0.15, 0.2) is 41.3 Å². The summed E-state index contributed by atoms with van der Waals surface area (Å²) in [5.41, 5.74) is 5.00. The lowest BCUT2D eigenvalue weighted by Crippen LogP contribution is -2.20. The SMILES string of the molecule is CSc1ccc(NC(=O)Nc2c(C)cc(C)cc2C)cc1. The molecule has 0 saturated carbocycles. The van der Waals surface area contributed by atoms with Gasteiger partial charge in [-0.05, 0) is 62.4 Å². The van der Waals surface area contributed by atoms with Crippen LogP contribution in [-0.4, -0.2) is 12.3 Å². The number of anilines is 2. The van der Waals surface area contributed by atoms with Gasteiger partial charge in [0.15, 0.2) is 0 Å². The monoisotopic (exact) mass is 300 g/mol. The average molecular weight is 300 g/mol. The number of carbonyl (C=O) groups is 1. The minimum absolute atomic E-state index is 0.220. The third-order valence-electron chi connectivity index (χ3n) is 3.26. The molecule has 0 aromatic heterocycles. The number of aryl methyl sites for hydroxylation is 3. The second kappa shape index (κ2) is 6.68. The Balaban J connectivity index is 2.08. The van der Waals surface area contributed by atoms with Crippen LogP contribution in [0.1, 0.15) is 16.7 Å². The van der Waals surface area contributed by atoms with E-state index >= 15 is 0 Å². The van der Waals surface area contributed by atoms with Gasteiger partial charge in [0.25, 0.3) is 0 Å². The van der Waals surface area contributed by atoms with Crippen LogP contribution >= 0.6 is 11.8 Å². The third-order valence-corrected chi connectivity index (χ3v) is 4.01. The van der Waals surface area contributed by atoms with E-state index in [-0.39, 0.29) is 6.03 Å². The highest BCUT2D eigenvalue weighted by atomic mass is 32.2. The lowest BCUT2D eigenvalue weighted by molar-refractivity contribution is 0.262. The van der Waals surface area contributed by atoms with E-state index in [2.05, 4.69) is 29.7 Å². The number of nitrogens with one attached hydrogen (secondary N) is 2. The number of amides is 2. The Morgan fingerprint density at radius 3 is 2.05 bits per heavy atom. The Morgan fingerprint density at radius 1 is 0.952 bits per heavy atom. The molecular weight excluding hydrogens is 280 g/mol. The van der Waals surface area contributed by atoms with Gasteiger partial charge in [-0.15, -0.1) is 11.8 Å². The number of carbonyl (C=O) groups excluding carboxylic acids is 1. The molecule has 0 heterocycles. The van der Waals surface area contributed by atoms with Gasteiger partial charge in [-0.1, -0.05) is 17.7 Å². The maximum absolute atomic E-state index is 12.1. The molecule has 0 atom stereocenters. The first-order valence-corrected chi connectivity index (χ1v) is 8.02. The summed E-state index contributed by atoms with van der Waals surface area (Å²) in [6, 6.07) is 11.7. The highest BCUT2D eigenvalue weighted by molar-refractivity contribution is 7.98. The molecule has 2 rings (SSSR count). The van der Waals surface area contributed by atoms with Gasteiger partial charge >= 0.3 is 6.03 Å². The molecule has 0 radical (unpaired) electrons. The maximum atomic E-state index is 12.1. The zero-order valence-corrected chi connectivity index (χ0v) is 13.6. The van der Waals surface area contributed by atoms with Crippen LogP contribution in [0.4, 0.5) is 16.2 Å². The summed E-state index contributed by atoms with van der Waals surface area (Å²) < 4.78 is 0. The van der Waals surface area contributed by atoms with E-state index < -0.39 is 0 Å². The van der Waals surface area contributed by atoms with Crippen molar-refractivity contribution in [2.24, 2.45) is 0 Å². The van der Waals surface area contributed by atoms with E-state index in [9.17, 15) is 4.79 Å². The van der Waals surface area contributed by atoms with E-state index in [0.717, 1.165) is 22.5 Å². The van der Waals surface area contributed by atoms with Crippen molar-refractivity contribution in [1.82, 2.24) is 0 Å². The Labute approximate surface area is 130 Å². The fraction of sp³-hybridized carbons (Fsp3) is 0.235. The van der Waals surface area contributed by atoms with E-state index in [4.69, 9.17) is 0 Å². The van der Waals surface area contributed by atoms with Crippen LogP contribution in [-0.2, 0) is 0 Å². The average Bonchev–Trinajstić information content (AvgIpc) is 2.43. The summed E-state index contributed by atoms with van der Waals surface area (Å²) in [6.45, 7) is 6.06. The van der Waals surface area contributed by atoms with Crippen molar-refractivity contribution in [3.8, 4) is 0 Å². The molecule has 2 aromatic rings. The van der Waals surface area contributed by atoms with Gasteiger partial charge in [0.05, 0.1) is 0 Å². The van der Waals surface area contributed by atoms with Crippen LogP contribution in [0.25, 0.3) is 0 Å². The van der Waals surface area contributed by atoms with Crippen molar-refractivity contribution in [2.75, 3.05) is 16.9 Å². The van der Waals surface area contributed by atoms with Crippen molar-refractivity contribution < 1.29 is 4.79 Å². The highest BCUT2D eigenvalue weighted by Crippen LogP contribution is 2.22. The third kappa shape index (κ3) is 4.02. The molecule has 21 heavy (non-hydrogen) atoms. The second-order valence-corrected chi connectivity index (χ2v) is 5.96. The lowest BCUT2D eigenvalue weighted by Gasteiger charge is -2.13. The summed E-state index contributed by atoms with van der Waals surface area (Å²) in [5.74, 6) is 0. The van der Waals surface area contributed by atoms with Crippen molar-refractivity contribution >= 4 is 29.2 Å². The Kier molecular flexibility index (Phi) is 4.91. The van der Waals surface area contributed by atoms with Gasteiger partial charge in [-0.25, -0.2) is 4.79 Å². The van der Waals surface area contributed by atoms with Gasteiger partial charge in [0, 0.05) is 16.3 Å². The molecule has 0 fully saturated rings. The van der Waals surface area contributed by atoms with Crippen LogP contribution in [0.5, 0.6) is 0 Å². The van der Waals surface area contributed by atoms with Crippen LogP contribution in [0.3, 0.4) is 0 Å². The Morgan fingerprint density at radius 2 is 1.52 bits per heavy atom. The van der Waals surface area contributed by atoms with E-state index in [0.29, 0.717) is 0 Å². The largest absolute Gasteiger partial charge is 0.323 e. The van der Waals surface area contributed by atoms with Crippen LogP contribution < -0.4 is 10.6 Å². The summed E-state index contributed by atoms with van der Waals surface area (Å²) >= 11 is 1.68. The summed E-state index contributed by atoms with van der Waals surface area (Å²) in [6.07, 6.45) is 2.03. The van der Waals surface area contributed by atoms with Gasteiger partial charge in [0.2, 0.25) is 0 Å². The van der Waals surface area contributed by atoms with Gasteiger partial charge in [-0.3, -0.25) is 0 Å². The normalized spacial score (nSPS) is 10.3. The topological polar surface area (TPSA) is 41.1 Å². The Bertz CT molecular complexity index is 627. The molecule has 0 aliphatic rings. The number of hydrogen-bond donors (Lipinski definition) is 2. The molecule has 0 aliphatic heterocycles. The first kappa shape index (κ1) is 15.4. The van der Waals surface area contributed by atoms with Crippen molar-refractivity contribution in [3.63, 3.8) is 0 Å². The molecule has 2 N–H and O–H groups in total. The zero-order valence-electron chi connectivity index (χ0n) is 12.8. The minimum Gasteiger partial charge on any atom is -0.308 e. The smallest absolute Gasteiger partial charge is 0.308 e. The summed E-state index contributed by atoms with van der Waals surface area (Å²) in [5, 5.41) is 5.78. The fourth-order valence-corrected chi connectivity index (χ4v) is 2.74. The van der Waals surface area contributed by atoms with Crippen molar-refractivity contribution in [1.29, 1.82) is 0 Å². The molecule has 0 bridgehead atoms.